The number of carbonyl (C=O) groups excluding carboxylic acids is 1. The largest absolute Gasteiger partial charge is 0.316 e. The van der Waals surface area contributed by atoms with E-state index < -0.39 is 0 Å². The molecule has 1 saturated heterocycles. The normalized spacial score (nSPS) is 18.5. The number of ketones is 1. The first kappa shape index (κ1) is 10.8. The van der Waals surface area contributed by atoms with E-state index in [2.05, 4.69) is 23.7 Å². The third-order valence-corrected chi connectivity index (χ3v) is 4.16. The van der Waals surface area contributed by atoms with Gasteiger partial charge in [0.25, 0.3) is 0 Å². The lowest BCUT2D eigenvalue weighted by molar-refractivity contribution is -0.124. The molecule has 2 rings (SSSR count). The number of carbonyl (C=O) groups is 1. The van der Waals surface area contributed by atoms with Crippen LogP contribution in [0.1, 0.15) is 18.2 Å². The lowest BCUT2D eigenvalue weighted by atomic mass is 9.84. The van der Waals surface area contributed by atoms with Crippen LogP contribution in [0.2, 0.25) is 0 Å². The second-order valence-corrected chi connectivity index (χ2v) is 5.28. The molecule has 1 aromatic heterocycles. The Bertz CT molecular complexity index is 316. The van der Waals surface area contributed by atoms with Crippen LogP contribution in [0.4, 0.5) is 0 Å². The van der Waals surface area contributed by atoms with Gasteiger partial charge >= 0.3 is 0 Å². The Hall–Kier alpha value is -0.670. The molecule has 0 saturated carbocycles. The summed E-state index contributed by atoms with van der Waals surface area (Å²) >= 11 is 1.74. The first-order valence-corrected chi connectivity index (χ1v) is 6.41. The SMILES string of the molecule is CC(C(=O)CCc1cccs1)C1CNC1. The number of hydrogen-bond acceptors (Lipinski definition) is 3. The van der Waals surface area contributed by atoms with Crippen molar-refractivity contribution in [3.05, 3.63) is 22.4 Å². The minimum atomic E-state index is 0.242. The molecule has 1 aromatic rings. The molecule has 0 spiro atoms. The summed E-state index contributed by atoms with van der Waals surface area (Å²) in [7, 11) is 0. The molecule has 1 unspecified atom stereocenters. The fourth-order valence-corrected chi connectivity index (χ4v) is 2.57. The van der Waals surface area contributed by atoms with Gasteiger partial charge < -0.3 is 5.32 Å². The predicted octanol–water partition coefficient (Wildman–Crippen LogP) is 2.11. The van der Waals surface area contributed by atoms with Gasteiger partial charge in [0.15, 0.2) is 0 Å². The Balaban J connectivity index is 1.76. The van der Waals surface area contributed by atoms with Crippen molar-refractivity contribution >= 4 is 17.1 Å². The summed E-state index contributed by atoms with van der Waals surface area (Å²) in [5, 5.41) is 5.29. The summed E-state index contributed by atoms with van der Waals surface area (Å²) in [4.78, 5) is 13.2. The zero-order valence-electron chi connectivity index (χ0n) is 9.03. The quantitative estimate of drug-likeness (QED) is 0.828. The molecule has 15 heavy (non-hydrogen) atoms. The minimum Gasteiger partial charge on any atom is -0.316 e. The van der Waals surface area contributed by atoms with Gasteiger partial charge in [0.1, 0.15) is 5.78 Å². The van der Waals surface area contributed by atoms with Gasteiger partial charge in [-0.3, -0.25) is 4.79 Å². The molecule has 1 fully saturated rings. The van der Waals surface area contributed by atoms with Crippen molar-refractivity contribution in [3.8, 4) is 0 Å². The van der Waals surface area contributed by atoms with Gasteiger partial charge in [0.05, 0.1) is 0 Å². The molecule has 2 nitrogen and oxygen atoms in total. The molecule has 1 N–H and O–H groups in total. The Morgan fingerprint density at radius 1 is 1.67 bits per heavy atom. The average Bonchev–Trinajstić information content (AvgIpc) is 2.63. The number of nitrogens with one attached hydrogen (secondary N) is 1. The van der Waals surface area contributed by atoms with E-state index in [1.54, 1.807) is 11.3 Å². The molecule has 0 aliphatic carbocycles. The molecule has 1 aliphatic heterocycles. The highest BCUT2D eigenvalue weighted by Crippen LogP contribution is 2.20. The number of rotatable bonds is 5. The van der Waals surface area contributed by atoms with E-state index in [1.807, 2.05) is 6.07 Å². The van der Waals surface area contributed by atoms with Crippen molar-refractivity contribution in [2.24, 2.45) is 11.8 Å². The number of hydrogen-bond donors (Lipinski definition) is 1. The predicted molar refractivity (Wildman–Crippen MR) is 63.2 cm³/mol. The summed E-state index contributed by atoms with van der Waals surface area (Å²) in [5.74, 6) is 1.25. The molecular formula is C12H17NOS. The molecule has 0 amide bonds. The van der Waals surface area contributed by atoms with Gasteiger partial charge in [-0.25, -0.2) is 0 Å². The van der Waals surface area contributed by atoms with Gasteiger partial charge in [-0.15, -0.1) is 11.3 Å². The summed E-state index contributed by atoms with van der Waals surface area (Å²) in [6.07, 6.45) is 1.62. The molecule has 1 aliphatic rings. The maximum absolute atomic E-state index is 11.8. The van der Waals surface area contributed by atoms with Crippen molar-refractivity contribution in [1.82, 2.24) is 5.32 Å². The maximum Gasteiger partial charge on any atom is 0.136 e. The lowest BCUT2D eigenvalue weighted by Crippen LogP contribution is -2.47. The third kappa shape index (κ3) is 2.67. The van der Waals surface area contributed by atoms with E-state index in [0.717, 1.165) is 19.5 Å². The summed E-state index contributed by atoms with van der Waals surface area (Å²) in [6, 6.07) is 4.15. The van der Waals surface area contributed by atoms with Crippen molar-refractivity contribution < 1.29 is 4.79 Å². The minimum absolute atomic E-state index is 0.242. The van der Waals surface area contributed by atoms with Crippen LogP contribution < -0.4 is 5.32 Å². The van der Waals surface area contributed by atoms with Gasteiger partial charge in [0.2, 0.25) is 0 Å². The van der Waals surface area contributed by atoms with E-state index in [1.165, 1.54) is 4.88 Å². The topological polar surface area (TPSA) is 29.1 Å². The van der Waals surface area contributed by atoms with E-state index in [0.29, 0.717) is 18.1 Å². The molecule has 82 valence electrons. The molecule has 1 atom stereocenters. The molecule has 3 heteroatoms. The Morgan fingerprint density at radius 3 is 3.00 bits per heavy atom. The van der Waals surface area contributed by atoms with Crippen LogP contribution >= 0.6 is 11.3 Å². The highest BCUT2D eigenvalue weighted by molar-refractivity contribution is 7.09. The van der Waals surface area contributed by atoms with E-state index >= 15 is 0 Å². The standard InChI is InChI=1S/C12H17NOS/c1-9(10-7-13-8-10)12(14)5-4-11-3-2-6-15-11/h2-3,6,9-10,13H,4-5,7-8H2,1H3. The summed E-state index contributed by atoms with van der Waals surface area (Å²) in [5.41, 5.74) is 0. The zero-order valence-corrected chi connectivity index (χ0v) is 9.85. The van der Waals surface area contributed by atoms with Crippen LogP contribution in [-0.4, -0.2) is 18.9 Å². The molecule has 0 bridgehead atoms. The number of thiophene rings is 1. The molecule has 0 aromatic carbocycles. The highest BCUT2D eigenvalue weighted by Gasteiger charge is 2.27. The summed E-state index contributed by atoms with van der Waals surface area (Å²) < 4.78 is 0. The second-order valence-electron chi connectivity index (χ2n) is 4.25. The average molecular weight is 223 g/mol. The van der Waals surface area contributed by atoms with Crippen LogP contribution in [0.25, 0.3) is 0 Å². The van der Waals surface area contributed by atoms with Gasteiger partial charge in [-0.05, 0) is 36.9 Å². The van der Waals surface area contributed by atoms with E-state index in [-0.39, 0.29) is 5.92 Å². The van der Waals surface area contributed by atoms with E-state index in [9.17, 15) is 4.79 Å². The van der Waals surface area contributed by atoms with Gasteiger partial charge in [-0.1, -0.05) is 13.0 Å². The Labute approximate surface area is 94.7 Å². The van der Waals surface area contributed by atoms with Gasteiger partial charge in [0, 0.05) is 17.2 Å². The maximum atomic E-state index is 11.8. The van der Waals surface area contributed by atoms with Crippen molar-refractivity contribution in [2.75, 3.05) is 13.1 Å². The second kappa shape index (κ2) is 4.90. The van der Waals surface area contributed by atoms with Gasteiger partial charge in [-0.2, -0.15) is 0 Å². The first-order chi connectivity index (χ1) is 7.27. The highest BCUT2D eigenvalue weighted by atomic mass is 32.1. The van der Waals surface area contributed by atoms with E-state index in [4.69, 9.17) is 0 Å². The van der Waals surface area contributed by atoms with Crippen molar-refractivity contribution in [3.63, 3.8) is 0 Å². The van der Waals surface area contributed by atoms with Crippen LogP contribution in [0.5, 0.6) is 0 Å². The molecule has 2 heterocycles. The number of Topliss-reactive ketones (excluding diaryl/α,β-unsaturated/α-hetero) is 1. The monoisotopic (exact) mass is 223 g/mol. The summed E-state index contributed by atoms with van der Waals surface area (Å²) in [6.45, 7) is 4.11. The van der Waals surface area contributed by atoms with Crippen LogP contribution in [0.3, 0.4) is 0 Å². The lowest BCUT2D eigenvalue weighted by Gasteiger charge is -2.31. The smallest absolute Gasteiger partial charge is 0.136 e. The zero-order chi connectivity index (χ0) is 10.7. The fourth-order valence-electron chi connectivity index (χ4n) is 1.86. The van der Waals surface area contributed by atoms with Crippen LogP contribution in [-0.2, 0) is 11.2 Å². The first-order valence-electron chi connectivity index (χ1n) is 5.53. The molecular weight excluding hydrogens is 206 g/mol. The fraction of sp³-hybridized carbons (Fsp3) is 0.583. The van der Waals surface area contributed by atoms with Crippen molar-refractivity contribution in [2.45, 2.75) is 19.8 Å². The Kier molecular flexibility index (Phi) is 3.54. The van der Waals surface area contributed by atoms with Crippen molar-refractivity contribution in [1.29, 1.82) is 0 Å². The van der Waals surface area contributed by atoms with Crippen LogP contribution in [0, 0.1) is 11.8 Å². The van der Waals surface area contributed by atoms with Crippen LogP contribution in [0.15, 0.2) is 17.5 Å². The third-order valence-electron chi connectivity index (χ3n) is 3.23. The molecule has 0 radical (unpaired) electrons. The Morgan fingerprint density at radius 2 is 2.47 bits per heavy atom. The number of aryl methyl sites for hydroxylation is 1.